The van der Waals surface area contributed by atoms with E-state index in [4.69, 9.17) is 0 Å². The van der Waals surface area contributed by atoms with Gasteiger partial charge >= 0.3 is 24.7 Å². The van der Waals surface area contributed by atoms with E-state index < -0.39 is 76.5 Å². The van der Waals surface area contributed by atoms with Gasteiger partial charge in [-0.15, -0.1) is 0 Å². The minimum atomic E-state index is -5.33. The third-order valence-corrected chi connectivity index (χ3v) is 7.19. The molecule has 0 saturated heterocycles. The van der Waals surface area contributed by atoms with Crippen LogP contribution in [-0.4, -0.2) is 5.11 Å². The summed E-state index contributed by atoms with van der Waals surface area (Å²) in [5.41, 5.74) is -7.28. The molecule has 0 bridgehead atoms. The van der Waals surface area contributed by atoms with Crippen LogP contribution in [0.4, 0.5) is 52.7 Å². The quantitative estimate of drug-likeness (QED) is 0.270. The molecule has 0 saturated carbocycles. The van der Waals surface area contributed by atoms with Crippen molar-refractivity contribution in [2.45, 2.75) is 24.7 Å². The average Bonchev–Trinajstić information content (AvgIpc) is 2.72. The van der Waals surface area contributed by atoms with E-state index in [9.17, 15) is 57.8 Å². The third-order valence-electron chi connectivity index (χ3n) is 4.78. The van der Waals surface area contributed by atoms with Crippen LogP contribution in [0.2, 0.25) is 0 Å². The van der Waals surface area contributed by atoms with Crippen molar-refractivity contribution in [1.29, 1.82) is 0 Å². The van der Waals surface area contributed by atoms with E-state index >= 15 is 0 Å². The highest BCUT2D eigenvalue weighted by molar-refractivity contribution is 7.80. The molecule has 3 aromatic rings. The molecule has 36 heavy (non-hydrogen) atoms. The second-order valence-electron chi connectivity index (χ2n) is 7.35. The van der Waals surface area contributed by atoms with Gasteiger partial charge in [0.05, 0.1) is 22.3 Å². The van der Waals surface area contributed by atoms with E-state index in [-0.39, 0.29) is 36.4 Å². The van der Waals surface area contributed by atoms with E-state index in [1.54, 1.807) is 0 Å². The smallest absolute Gasteiger partial charge is 0.416 e. The molecule has 1 N–H and O–H groups in total. The first-order valence-corrected chi connectivity index (χ1v) is 10.8. The molecule has 0 aromatic heterocycles. The van der Waals surface area contributed by atoms with Crippen molar-refractivity contribution < 1.29 is 57.8 Å². The van der Waals surface area contributed by atoms with Gasteiger partial charge in [-0.3, -0.25) is 0 Å². The van der Waals surface area contributed by atoms with Crippen LogP contribution in [0.25, 0.3) is 0 Å². The molecule has 0 heterocycles. The Morgan fingerprint density at radius 3 is 1.06 bits per heavy atom. The third kappa shape index (κ3) is 6.05. The Hall–Kier alpha value is -2.95. The van der Waals surface area contributed by atoms with Crippen molar-refractivity contribution in [3.63, 3.8) is 0 Å². The van der Waals surface area contributed by atoms with Gasteiger partial charge in [-0.1, -0.05) is 18.2 Å². The number of benzene rings is 3. The summed E-state index contributed by atoms with van der Waals surface area (Å²) in [5, 5.41) is 8.05. The molecule has 0 aliphatic carbocycles. The number of phenolic OH excluding ortho intramolecular Hbond substituents is 1. The molecule has 0 fully saturated rings. The maximum Gasteiger partial charge on any atom is 0.416 e. The van der Waals surface area contributed by atoms with Crippen molar-refractivity contribution in [2.75, 3.05) is 0 Å². The molecule has 194 valence electrons. The van der Waals surface area contributed by atoms with Gasteiger partial charge in [0.2, 0.25) is 0 Å². The normalized spacial score (nSPS) is 13.4. The Kier molecular flexibility index (Phi) is 7.04. The minimum Gasteiger partial charge on any atom is -0.507 e. The Labute approximate surface area is 195 Å². The minimum absolute atomic E-state index is 0.209. The topological polar surface area (TPSA) is 20.2 Å². The molecular formula is C22H11F12OP. The number of alkyl halides is 12. The Morgan fingerprint density at radius 1 is 0.472 bits per heavy atom. The standard InChI is InChI=1S/C22H11F12OP/c23-19(24,25)11-5-12(20(26,27)28)8-15(7-11)36(18-4-2-1-3-17(18)35)16-9-13(21(29,30)31)6-14(10-16)22(32,33)34/h1-10,35H. The molecule has 0 aliphatic heterocycles. The lowest BCUT2D eigenvalue weighted by molar-refractivity contribution is -0.144. The lowest BCUT2D eigenvalue weighted by atomic mass is 10.1. The number of phenols is 1. The lowest BCUT2D eigenvalue weighted by Crippen LogP contribution is -2.26. The first kappa shape index (κ1) is 27.6. The molecular weight excluding hydrogens is 539 g/mol. The first-order chi connectivity index (χ1) is 16.3. The maximum absolute atomic E-state index is 13.4. The Balaban J connectivity index is 2.45. The van der Waals surface area contributed by atoms with Crippen molar-refractivity contribution >= 4 is 23.8 Å². The number of rotatable bonds is 3. The van der Waals surface area contributed by atoms with E-state index in [2.05, 4.69) is 0 Å². The van der Waals surface area contributed by atoms with Crippen molar-refractivity contribution in [2.24, 2.45) is 0 Å². The zero-order valence-electron chi connectivity index (χ0n) is 17.2. The van der Waals surface area contributed by atoms with Crippen LogP contribution in [0.3, 0.4) is 0 Å². The van der Waals surface area contributed by atoms with Crippen LogP contribution < -0.4 is 15.9 Å². The van der Waals surface area contributed by atoms with Gasteiger partial charge in [0.25, 0.3) is 0 Å². The molecule has 3 rings (SSSR count). The van der Waals surface area contributed by atoms with Gasteiger partial charge in [-0.25, -0.2) is 0 Å². The number of halogens is 12. The number of para-hydroxylation sites is 1. The van der Waals surface area contributed by atoms with E-state index in [0.29, 0.717) is 0 Å². The van der Waals surface area contributed by atoms with Crippen LogP contribution in [-0.2, 0) is 24.7 Å². The van der Waals surface area contributed by atoms with Gasteiger partial charge in [0.1, 0.15) is 5.75 Å². The zero-order valence-corrected chi connectivity index (χ0v) is 18.1. The van der Waals surface area contributed by atoms with Gasteiger partial charge in [0.15, 0.2) is 0 Å². The SMILES string of the molecule is Oc1ccccc1P(c1cc(C(F)(F)F)cc(C(F)(F)F)c1)c1cc(C(F)(F)F)cc(C(F)(F)F)c1. The summed E-state index contributed by atoms with van der Waals surface area (Å²) in [4.78, 5) is 0. The molecule has 0 amide bonds. The fourth-order valence-electron chi connectivity index (χ4n) is 3.22. The molecule has 0 radical (unpaired) electrons. The summed E-state index contributed by atoms with van der Waals surface area (Å²) >= 11 is 0. The first-order valence-electron chi connectivity index (χ1n) is 9.45. The number of aromatic hydroxyl groups is 1. The largest absolute Gasteiger partial charge is 0.507 e. The fraction of sp³-hybridized carbons (Fsp3) is 0.182. The maximum atomic E-state index is 13.4. The van der Waals surface area contributed by atoms with Gasteiger partial charge < -0.3 is 5.11 Å². The highest BCUT2D eigenvalue weighted by Crippen LogP contribution is 2.44. The van der Waals surface area contributed by atoms with Gasteiger partial charge in [0, 0.05) is 5.30 Å². The summed E-state index contributed by atoms with van der Waals surface area (Å²) in [6, 6.07) is 4.69. The van der Waals surface area contributed by atoms with E-state index in [1.165, 1.54) is 12.1 Å². The van der Waals surface area contributed by atoms with Crippen molar-refractivity contribution in [3.8, 4) is 5.75 Å². The molecule has 1 nitrogen and oxygen atoms in total. The summed E-state index contributed by atoms with van der Waals surface area (Å²) in [7, 11) is -2.97. The summed E-state index contributed by atoms with van der Waals surface area (Å²) < 4.78 is 161. The van der Waals surface area contributed by atoms with Crippen molar-refractivity contribution in [1.82, 2.24) is 0 Å². The molecule has 14 heteroatoms. The number of hydrogen-bond donors (Lipinski definition) is 1. The summed E-state index contributed by atoms with van der Waals surface area (Å²) in [6.45, 7) is 0. The van der Waals surface area contributed by atoms with E-state index in [0.717, 1.165) is 12.1 Å². The fourth-order valence-corrected chi connectivity index (χ4v) is 5.68. The van der Waals surface area contributed by atoms with Crippen molar-refractivity contribution in [3.05, 3.63) is 82.9 Å². The number of hydrogen-bond acceptors (Lipinski definition) is 1. The van der Waals surface area contributed by atoms with Crippen LogP contribution in [0.15, 0.2) is 60.7 Å². The summed E-state index contributed by atoms with van der Waals surface area (Å²) in [6.07, 6.45) is -21.3. The Morgan fingerprint density at radius 2 is 0.778 bits per heavy atom. The van der Waals surface area contributed by atoms with Gasteiger partial charge in [-0.05, 0) is 61.0 Å². The molecule has 0 aliphatic rings. The highest BCUT2D eigenvalue weighted by atomic mass is 31.1. The average molecular weight is 550 g/mol. The monoisotopic (exact) mass is 550 g/mol. The van der Waals surface area contributed by atoms with Crippen LogP contribution >= 0.6 is 7.92 Å². The van der Waals surface area contributed by atoms with Crippen LogP contribution in [0.5, 0.6) is 5.75 Å². The predicted molar refractivity (Wildman–Crippen MR) is 107 cm³/mol. The second kappa shape index (κ2) is 9.17. The van der Waals surface area contributed by atoms with Gasteiger partial charge in [-0.2, -0.15) is 52.7 Å². The highest BCUT2D eigenvalue weighted by Gasteiger charge is 2.40. The molecule has 3 aromatic carbocycles. The van der Waals surface area contributed by atoms with Crippen LogP contribution in [0, 0.1) is 0 Å². The summed E-state index contributed by atoms with van der Waals surface area (Å²) in [5.74, 6) is -0.749. The zero-order chi connectivity index (χ0) is 27.3. The second-order valence-corrected chi connectivity index (χ2v) is 9.54. The van der Waals surface area contributed by atoms with Crippen LogP contribution in [0.1, 0.15) is 22.3 Å². The Bertz CT molecular complexity index is 1120. The molecule has 0 unspecified atom stereocenters. The molecule has 0 spiro atoms. The van der Waals surface area contributed by atoms with E-state index in [1.807, 2.05) is 0 Å². The predicted octanol–water partition coefficient (Wildman–Crippen LogP) is 7.23. The lowest BCUT2D eigenvalue weighted by Gasteiger charge is -2.24. The molecule has 0 atom stereocenters.